The number of rotatable bonds is 5. The zero-order chi connectivity index (χ0) is 22.0. The normalized spacial score (nSPS) is 17.4. The second-order valence-electron chi connectivity index (χ2n) is 7.42. The van der Waals surface area contributed by atoms with Gasteiger partial charge in [-0.15, -0.1) is 10.2 Å². The van der Waals surface area contributed by atoms with Crippen molar-refractivity contribution in [1.82, 2.24) is 14.5 Å². The summed E-state index contributed by atoms with van der Waals surface area (Å²) in [5.41, 5.74) is 1.79. The zero-order valence-corrected chi connectivity index (χ0v) is 19.2. The van der Waals surface area contributed by atoms with Crippen LogP contribution in [0.2, 0.25) is 5.02 Å². The summed E-state index contributed by atoms with van der Waals surface area (Å²) in [5, 5.41) is 12.4. The van der Waals surface area contributed by atoms with E-state index < -0.39 is 10.0 Å². The number of nitrogens with one attached hydrogen (secondary N) is 1. The SMILES string of the molecule is Cc1ccc(NC(=O)c2nnc([C@H]3CCCN(S(=O)(=O)c4ccc(Cl)cc4)C3)s2)cc1. The molecule has 2 aromatic carbocycles. The van der Waals surface area contributed by atoms with Gasteiger partial charge >= 0.3 is 0 Å². The van der Waals surface area contributed by atoms with Crippen molar-refractivity contribution >= 4 is 44.6 Å². The van der Waals surface area contributed by atoms with E-state index >= 15 is 0 Å². The Labute approximate surface area is 190 Å². The fraction of sp³-hybridized carbons (Fsp3) is 0.286. The molecule has 0 spiro atoms. The van der Waals surface area contributed by atoms with Crippen molar-refractivity contribution in [3.8, 4) is 0 Å². The van der Waals surface area contributed by atoms with Gasteiger partial charge in [0.15, 0.2) is 0 Å². The van der Waals surface area contributed by atoms with E-state index in [4.69, 9.17) is 11.6 Å². The lowest BCUT2D eigenvalue weighted by Crippen LogP contribution is -2.39. The summed E-state index contributed by atoms with van der Waals surface area (Å²) in [7, 11) is -3.62. The van der Waals surface area contributed by atoms with Crippen molar-refractivity contribution in [2.75, 3.05) is 18.4 Å². The molecule has 1 N–H and O–H groups in total. The Kier molecular flexibility index (Phi) is 6.38. The van der Waals surface area contributed by atoms with Crippen LogP contribution in [-0.4, -0.2) is 41.9 Å². The van der Waals surface area contributed by atoms with Gasteiger partial charge in [0.25, 0.3) is 5.91 Å². The molecule has 10 heteroatoms. The zero-order valence-electron chi connectivity index (χ0n) is 16.8. The van der Waals surface area contributed by atoms with Crippen molar-refractivity contribution in [3.05, 3.63) is 69.1 Å². The number of piperidine rings is 1. The first-order valence-corrected chi connectivity index (χ1v) is 12.4. The van der Waals surface area contributed by atoms with Crippen LogP contribution in [0.4, 0.5) is 5.69 Å². The number of aromatic nitrogens is 2. The fourth-order valence-corrected chi connectivity index (χ4v) is 5.94. The number of halogens is 1. The fourth-order valence-electron chi connectivity index (χ4n) is 3.43. The number of anilines is 1. The van der Waals surface area contributed by atoms with Crippen molar-refractivity contribution in [1.29, 1.82) is 0 Å². The van der Waals surface area contributed by atoms with Gasteiger partial charge in [-0.1, -0.05) is 40.6 Å². The Bertz CT molecular complexity index is 1180. The van der Waals surface area contributed by atoms with E-state index in [1.807, 2.05) is 31.2 Å². The highest BCUT2D eigenvalue weighted by Gasteiger charge is 2.32. The third-order valence-electron chi connectivity index (χ3n) is 5.13. The first-order chi connectivity index (χ1) is 14.8. The van der Waals surface area contributed by atoms with Gasteiger partial charge in [-0.3, -0.25) is 4.79 Å². The number of sulfonamides is 1. The highest BCUT2D eigenvalue weighted by molar-refractivity contribution is 7.89. The Hall–Kier alpha value is -2.33. The van der Waals surface area contributed by atoms with Crippen molar-refractivity contribution < 1.29 is 13.2 Å². The summed E-state index contributed by atoms with van der Waals surface area (Å²) in [6, 6.07) is 13.7. The lowest BCUT2D eigenvalue weighted by atomic mass is 10.0. The second-order valence-corrected chi connectivity index (χ2v) is 10.8. The van der Waals surface area contributed by atoms with E-state index in [2.05, 4.69) is 15.5 Å². The maximum Gasteiger partial charge on any atom is 0.286 e. The number of carbonyl (C=O) groups is 1. The van der Waals surface area contributed by atoms with Crippen LogP contribution in [0.15, 0.2) is 53.4 Å². The molecule has 0 aliphatic carbocycles. The minimum Gasteiger partial charge on any atom is -0.320 e. The number of carbonyl (C=O) groups excluding carboxylic acids is 1. The molecule has 2 heterocycles. The van der Waals surface area contributed by atoms with E-state index in [0.717, 1.165) is 12.0 Å². The molecule has 1 atom stereocenters. The largest absolute Gasteiger partial charge is 0.320 e. The highest BCUT2D eigenvalue weighted by Crippen LogP contribution is 2.32. The average molecular weight is 477 g/mol. The van der Waals surface area contributed by atoms with Crippen LogP contribution in [0.25, 0.3) is 0 Å². The van der Waals surface area contributed by atoms with Crippen LogP contribution in [-0.2, 0) is 10.0 Å². The maximum absolute atomic E-state index is 13.0. The summed E-state index contributed by atoms with van der Waals surface area (Å²) < 4.78 is 27.5. The minimum atomic E-state index is -3.62. The molecule has 0 radical (unpaired) electrons. The highest BCUT2D eigenvalue weighted by atomic mass is 35.5. The van der Waals surface area contributed by atoms with Crippen LogP contribution in [0.5, 0.6) is 0 Å². The van der Waals surface area contributed by atoms with Gasteiger partial charge in [0.05, 0.1) is 4.90 Å². The van der Waals surface area contributed by atoms with Crippen LogP contribution in [0, 0.1) is 6.92 Å². The van der Waals surface area contributed by atoms with Gasteiger partial charge in [0, 0.05) is 29.7 Å². The standard InChI is InChI=1S/C21H21ClN4O3S2/c1-14-4-8-17(9-5-14)23-19(27)21-25-24-20(30-21)15-3-2-12-26(13-15)31(28,29)18-10-6-16(22)7-11-18/h4-11,15H,2-3,12-13H2,1H3,(H,23,27)/t15-/m0/s1. The molecular formula is C21H21ClN4O3S2. The molecule has 7 nitrogen and oxygen atoms in total. The molecule has 0 bridgehead atoms. The Morgan fingerprint density at radius 3 is 2.55 bits per heavy atom. The predicted octanol–water partition coefficient (Wildman–Crippen LogP) is 4.32. The molecule has 3 aromatic rings. The quantitative estimate of drug-likeness (QED) is 0.592. The van der Waals surface area contributed by atoms with Gasteiger partial charge in [0.2, 0.25) is 15.0 Å². The second kappa shape index (κ2) is 9.04. The molecule has 1 saturated heterocycles. The lowest BCUT2D eigenvalue weighted by molar-refractivity contribution is 0.102. The number of nitrogens with zero attached hydrogens (tertiary/aromatic N) is 3. The lowest BCUT2D eigenvalue weighted by Gasteiger charge is -2.30. The van der Waals surface area contributed by atoms with Crippen molar-refractivity contribution in [2.45, 2.75) is 30.6 Å². The first kappa shape index (κ1) is 21.9. The van der Waals surface area contributed by atoms with Crippen LogP contribution in [0.3, 0.4) is 0 Å². The van der Waals surface area contributed by atoms with E-state index in [0.29, 0.717) is 35.2 Å². The van der Waals surface area contributed by atoms with Gasteiger partial charge < -0.3 is 5.32 Å². The van der Waals surface area contributed by atoms with E-state index in [1.54, 1.807) is 12.1 Å². The van der Waals surface area contributed by atoms with Crippen LogP contribution >= 0.6 is 22.9 Å². The molecular weight excluding hydrogens is 456 g/mol. The molecule has 1 amide bonds. The predicted molar refractivity (Wildman–Crippen MR) is 121 cm³/mol. The van der Waals surface area contributed by atoms with Crippen LogP contribution in [0.1, 0.15) is 39.1 Å². The van der Waals surface area contributed by atoms with Gasteiger partial charge in [0.1, 0.15) is 5.01 Å². The third kappa shape index (κ3) is 4.95. The Morgan fingerprint density at radius 1 is 1.13 bits per heavy atom. The molecule has 1 aromatic heterocycles. The molecule has 1 aliphatic heterocycles. The Balaban J connectivity index is 1.46. The van der Waals surface area contributed by atoms with E-state index in [9.17, 15) is 13.2 Å². The number of hydrogen-bond acceptors (Lipinski definition) is 6. The first-order valence-electron chi connectivity index (χ1n) is 9.80. The monoisotopic (exact) mass is 476 g/mol. The molecule has 4 rings (SSSR count). The minimum absolute atomic E-state index is 0.103. The molecule has 162 valence electrons. The molecule has 0 saturated carbocycles. The van der Waals surface area contributed by atoms with E-state index in [-0.39, 0.29) is 21.7 Å². The average Bonchev–Trinajstić information content (AvgIpc) is 3.26. The van der Waals surface area contributed by atoms with E-state index in [1.165, 1.54) is 27.8 Å². The molecule has 1 fully saturated rings. The molecule has 1 aliphatic rings. The summed E-state index contributed by atoms with van der Waals surface area (Å²) >= 11 is 7.09. The summed E-state index contributed by atoms with van der Waals surface area (Å²) in [5.74, 6) is -0.427. The number of benzene rings is 2. The Morgan fingerprint density at radius 2 is 1.84 bits per heavy atom. The number of aryl methyl sites for hydroxylation is 1. The smallest absolute Gasteiger partial charge is 0.286 e. The third-order valence-corrected chi connectivity index (χ3v) is 8.34. The summed E-state index contributed by atoms with van der Waals surface area (Å²) in [6.45, 7) is 2.73. The number of amides is 1. The maximum atomic E-state index is 13.0. The van der Waals surface area contributed by atoms with Gasteiger partial charge in [-0.05, 0) is 56.2 Å². The summed E-state index contributed by atoms with van der Waals surface area (Å²) in [4.78, 5) is 12.7. The van der Waals surface area contributed by atoms with Crippen molar-refractivity contribution in [2.24, 2.45) is 0 Å². The molecule has 0 unspecified atom stereocenters. The van der Waals surface area contributed by atoms with Crippen LogP contribution < -0.4 is 5.32 Å². The van der Waals surface area contributed by atoms with Crippen molar-refractivity contribution in [3.63, 3.8) is 0 Å². The molecule has 31 heavy (non-hydrogen) atoms. The number of hydrogen-bond donors (Lipinski definition) is 1. The van der Waals surface area contributed by atoms with Gasteiger partial charge in [-0.2, -0.15) is 4.31 Å². The van der Waals surface area contributed by atoms with Gasteiger partial charge in [-0.25, -0.2) is 8.42 Å². The topological polar surface area (TPSA) is 92.3 Å². The summed E-state index contributed by atoms with van der Waals surface area (Å²) in [6.07, 6.45) is 1.50.